The van der Waals surface area contributed by atoms with Gasteiger partial charge >= 0.3 is 6.18 Å². The molecule has 0 saturated heterocycles. The van der Waals surface area contributed by atoms with E-state index in [0.29, 0.717) is 23.0 Å². The van der Waals surface area contributed by atoms with E-state index in [1.54, 1.807) is 0 Å². The third-order valence-electron chi connectivity index (χ3n) is 5.41. The van der Waals surface area contributed by atoms with Crippen molar-refractivity contribution in [3.8, 4) is 17.0 Å². The zero-order valence-corrected chi connectivity index (χ0v) is 18.0. The lowest BCUT2D eigenvalue weighted by Crippen LogP contribution is -2.42. The smallest absolute Gasteiger partial charge is 0.416 e. The molecule has 2 aromatic carbocycles. The minimum absolute atomic E-state index is 0. The number of hydrogen-bond acceptors (Lipinski definition) is 5. The standard InChI is InChI=1S/C21H21F3N4O.2ClH/c22-21(23,24)12-9-10-15(18(29)11-12)19-13-5-1-2-6-14(13)20(28-27-19)26-17-8-4-3-7-16(17)25;;/h1-2,5-6,9-11,16-17,29H,3-4,7-8,25H2,(H,26,28);2*1H/t16-,17-;;/m1../s1. The number of aromatic hydroxyl groups is 1. The number of nitrogens with two attached hydrogens (primary N) is 1. The zero-order valence-electron chi connectivity index (χ0n) is 16.4. The van der Waals surface area contributed by atoms with Gasteiger partial charge in [-0.25, -0.2) is 0 Å². The maximum Gasteiger partial charge on any atom is 0.416 e. The largest absolute Gasteiger partial charge is 0.507 e. The van der Waals surface area contributed by atoms with Crippen molar-refractivity contribution in [1.82, 2.24) is 10.2 Å². The number of phenolic OH excluding ortho intramolecular Hbond substituents is 1. The van der Waals surface area contributed by atoms with Crippen LogP contribution in [0.4, 0.5) is 19.0 Å². The fourth-order valence-corrected chi connectivity index (χ4v) is 3.83. The number of aromatic nitrogens is 2. The van der Waals surface area contributed by atoms with Crippen LogP contribution in [0.1, 0.15) is 31.2 Å². The Kier molecular flexibility index (Phi) is 7.97. The topological polar surface area (TPSA) is 84.1 Å². The van der Waals surface area contributed by atoms with Gasteiger partial charge in [-0.3, -0.25) is 0 Å². The minimum atomic E-state index is -4.53. The van der Waals surface area contributed by atoms with Crippen LogP contribution in [-0.4, -0.2) is 27.4 Å². The fourth-order valence-electron chi connectivity index (χ4n) is 3.83. The van der Waals surface area contributed by atoms with Crippen molar-refractivity contribution < 1.29 is 18.3 Å². The lowest BCUT2D eigenvalue weighted by molar-refractivity contribution is -0.137. The molecule has 1 heterocycles. The Morgan fingerprint density at radius 3 is 2.29 bits per heavy atom. The molecule has 0 radical (unpaired) electrons. The van der Waals surface area contributed by atoms with Gasteiger partial charge in [-0.05, 0) is 31.0 Å². The molecule has 1 aliphatic carbocycles. The Bertz CT molecular complexity index is 1050. The average Bonchev–Trinajstić information content (AvgIpc) is 2.69. The molecular weight excluding hydrogens is 452 g/mol. The summed E-state index contributed by atoms with van der Waals surface area (Å²) < 4.78 is 38.7. The first-order valence-corrected chi connectivity index (χ1v) is 9.52. The molecule has 1 saturated carbocycles. The molecular formula is C21H23Cl2F3N4O. The number of fused-ring (bicyclic) bond motifs is 1. The highest BCUT2D eigenvalue weighted by molar-refractivity contribution is 6.00. The van der Waals surface area contributed by atoms with Gasteiger partial charge in [0.25, 0.3) is 0 Å². The van der Waals surface area contributed by atoms with Crippen LogP contribution in [0.3, 0.4) is 0 Å². The van der Waals surface area contributed by atoms with Crippen molar-refractivity contribution in [2.24, 2.45) is 5.73 Å². The number of rotatable bonds is 3. The van der Waals surface area contributed by atoms with Gasteiger partial charge in [-0.2, -0.15) is 13.2 Å². The number of alkyl halides is 3. The van der Waals surface area contributed by atoms with Gasteiger partial charge in [-0.15, -0.1) is 35.0 Å². The Labute approximate surface area is 190 Å². The molecule has 10 heteroatoms. The van der Waals surface area contributed by atoms with Crippen LogP contribution in [0.25, 0.3) is 22.0 Å². The molecule has 4 N–H and O–H groups in total. The molecule has 0 spiro atoms. The van der Waals surface area contributed by atoms with Crippen molar-refractivity contribution in [2.45, 2.75) is 43.9 Å². The van der Waals surface area contributed by atoms with E-state index in [-0.39, 0.29) is 42.5 Å². The lowest BCUT2D eigenvalue weighted by atomic mass is 9.91. The molecule has 0 unspecified atom stereocenters. The number of anilines is 1. The van der Waals surface area contributed by atoms with Crippen molar-refractivity contribution in [3.63, 3.8) is 0 Å². The number of benzene rings is 2. The third kappa shape index (κ3) is 5.14. The number of hydrogen-bond donors (Lipinski definition) is 3. The summed E-state index contributed by atoms with van der Waals surface area (Å²) in [6, 6.07) is 10.3. The third-order valence-corrected chi connectivity index (χ3v) is 5.41. The molecule has 1 fully saturated rings. The van der Waals surface area contributed by atoms with Crippen LogP contribution in [0.15, 0.2) is 42.5 Å². The Morgan fingerprint density at radius 2 is 1.65 bits per heavy atom. The van der Waals surface area contributed by atoms with Gasteiger partial charge in [0.05, 0.1) is 5.56 Å². The van der Waals surface area contributed by atoms with Crippen molar-refractivity contribution in [2.75, 3.05) is 5.32 Å². The highest BCUT2D eigenvalue weighted by Crippen LogP contribution is 2.38. The molecule has 168 valence electrons. The highest BCUT2D eigenvalue weighted by atomic mass is 35.5. The average molecular weight is 475 g/mol. The van der Waals surface area contributed by atoms with E-state index in [9.17, 15) is 18.3 Å². The zero-order chi connectivity index (χ0) is 20.6. The van der Waals surface area contributed by atoms with E-state index in [1.165, 1.54) is 6.07 Å². The minimum Gasteiger partial charge on any atom is -0.507 e. The summed E-state index contributed by atoms with van der Waals surface area (Å²) in [5.74, 6) is 0.0902. The monoisotopic (exact) mass is 474 g/mol. The van der Waals surface area contributed by atoms with Crippen molar-refractivity contribution in [1.29, 1.82) is 0 Å². The molecule has 0 aliphatic heterocycles. The summed E-state index contributed by atoms with van der Waals surface area (Å²) >= 11 is 0. The molecule has 0 amide bonds. The molecule has 2 atom stereocenters. The lowest BCUT2D eigenvalue weighted by Gasteiger charge is -2.30. The predicted molar refractivity (Wildman–Crippen MR) is 120 cm³/mol. The van der Waals surface area contributed by atoms with Gasteiger partial charge in [0.2, 0.25) is 0 Å². The Balaban J connectivity index is 0.00000171. The van der Waals surface area contributed by atoms with E-state index < -0.39 is 17.5 Å². The molecule has 5 nitrogen and oxygen atoms in total. The summed E-state index contributed by atoms with van der Waals surface area (Å²) in [6.07, 6.45) is -0.443. The first-order chi connectivity index (χ1) is 13.8. The summed E-state index contributed by atoms with van der Waals surface area (Å²) in [4.78, 5) is 0. The number of nitrogens with one attached hydrogen (secondary N) is 1. The first kappa shape index (κ1) is 25.0. The van der Waals surface area contributed by atoms with Gasteiger partial charge < -0.3 is 16.2 Å². The Hall–Kier alpha value is -2.29. The van der Waals surface area contributed by atoms with Gasteiger partial charge in [0.15, 0.2) is 5.82 Å². The van der Waals surface area contributed by atoms with E-state index >= 15 is 0 Å². The van der Waals surface area contributed by atoms with Crippen LogP contribution in [0.2, 0.25) is 0 Å². The second kappa shape index (κ2) is 9.89. The normalized spacial score (nSPS) is 18.7. The molecule has 4 rings (SSSR count). The second-order valence-electron chi connectivity index (χ2n) is 7.37. The van der Waals surface area contributed by atoms with E-state index in [1.807, 2.05) is 24.3 Å². The first-order valence-electron chi connectivity index (χ1n) is 9.52. The molecule has 31 heavy (non-hydrogen) atoms. The summed E-state index contributed by atoms with van der Waals surface area (Å²) in [7, 11) is 0. The maximum absolute atomic E-state index is 12.9. The second-order valence-corrected chi connectivity index (χ2v) is 7.37. The van der Waals surface area contributed by atoms with E-state index in [0.717, 1.165) is 37.1 Å². The van der Waals surface area contributed by atoms with Crippen LogP contribution in [0, 0.1) is 0 Å². The SMILES string of the molecule is Cl.Cl.N[C@@H]1CCCC[C@H]1Nc1nnc(-c2ccc(C(F)(F)F)cc2O)c2ccccc12. The maximum atomic E-state index is 12.9. The molecule has 1 aliphatic rings. The molecule has 0 bridgehead atoms. The van der Waals surface area contributed by atoms with Gasteiger partial charge in [0, 0.05) is 28.4 Å². The number of halogens is 5. The number of phenols is 1. The van der Waals surface area contributed by atoms with E-state index in [4.69, 9.17) is 5.73 Å². The number of nitrogens with zero attached hydrogens (tertiary/aromatic N) is 2. The van der Waals surface area contributed by atoms with Crippen LogP contribution in [-0.2, 0) is 6.18 Å². The predicted octanol–water partition coefficient (Wildman–Crippen LogP) is 5.55. The van der Waals surface area contributed by atoms with Crippen molar-refractivity contribution in [3.05, 3.63) is 48.0 Å². The van der Waals surface area contributed by atoms with Gasteiger partial charge in [-0.1, -0.05) is 37.1 Å². The molecule has 1 aromatic heterocycles. The summed E-state index contributed by atoms with van der Waals surface area (Å²) in [5.41, 5.74) is 5.83. The summed E-state index contributed by atoms with van der Waals surface area (Å²) in [6.45, 7) is 0. The highest BCUT2D eigenvalue weighted by Gasteiger charge is 2.31. The molecule has 3 aromatic rings. The van der Waals surface area contributed by atoms with Crippen LogP contribution in [0.5, 0.6) is 5.75 Å². The van der Waals surface area contributed by atoms with Gasteiger partial charge in [0.1, 0.15) is 11.4 Å². The Morgan fingerprint density at radius 1 is 0.968 bits per heavy atom. The van der Waals surface area contributed by atoms with Crippen LogP contribution >= 0.6 is 24.8 Å². The van der Waals surface area contributed by atoms with Crippen molar-refractivity contribution >= 4 is 41.4 Å². The quantitative estimate of drug-likeness (QED) is 0.463. The fraction of sp³-hybridized carbons (Fsp3) is 0.333. The van der Waals surface area contributed by atoms with Crippen LogP contribution < -0.4 is 11.1 Å². The van der Waals surface area contributed by atoms with E-state index in [2.05, 4.69) is 15.5 Å². The summed E-state index contributed by atoms with van der Waals surface area (Å²) in [5, 5.41) is 23.6.